The molecule has 1 unspecified atom stereocenters. The third kappa shape index (κ3) is 3.22. The number of carbonyl (C=O) groups excluding carboxylic acids is 1. The molecule has 0 N–H and O–H groups in total. The number of esters is 1. The number of hydrogen-bond donors (Lipinski definition) is 0. The van der Waals surface area contributed by atoms with Gasteiger partial charge in [0.2, 0.25) is 5.43 Å². The molecular weight excluding hydrogens is 393 g/mol. The molecule has 29 heavy (non-hydrogen) atoms. The van der Waals surface area contributed by atoms with Crippen LogP contribution in [-0.2, 0) is 10.6 Å². The lowest BCUT2D eigenvalue weighted by atomic mass is 10.0. The molecule has 0 amide bonds. The minimum Gasteiger partial charge on any atom is -0.459 e. The van der Waals surface area contributed by atoms with Crippen LogP contribution in [0, 0.1) is 12.7 Å². The summed E-state index contributed by atoms with van der Waals surface area (Å²) in [6.07, 6.45) is -0.331. The number of ether oxygens (including phenoxy) is 1. The zero-order chi connectivity index (χ0) is 21.0. The van der Waals surface area contributed by atoms with Gasteiger partial charge in [-0.25, -0.2) is 9.18 Å². The smallest absolute Gasteiger partial charge is 0.345 e. The summed E-state index contributed by atoms with van der Waals surface area (Å²) < 4.78 is 22.6. The summed E-state index contributed by atoms with van der Waals surface area (Å²) >= 11 is 1.44. The van der Waals surface area contributed by atoms with E-state index in [9.17, 15) is 9.59 Å². The van der Waals surface area contributed by atoms with Crippen LogP contribution in [0.3, 0.4) is 0 Å². The second-order valence-corrected chi connectivity index (χ2v) is 9.10. The number of thioether (sulfide) groups is 1. The Morgan fingerprint density at radius 2 is 2.07 bits per heavy atom. The Bertz CT molecular complexity index is 1070. The van der Waals surface area contributed by atoms with Gasteiger partial charge in [0.1, 0.15) is 11.4 Å². The zero-order valence-corrected chi connectivity index (χ0v) is 18.2. The van der Waals surface area contributed by atoms with Crippen LogP contribution in [0.25, 0.3) is 10.9 Å². The van der Waals surface area contributed by atoms with Crippen LogP contribution in [-0.4, -0.2) is 54.3 Å². The standard InChI is InChI=1S/C21H26FN3O3S/c1-11(2)28-21(27)17-19(26)16-13(4)18(22)15(8-14(16)25-10-29-20(17)25)24-7-6-23(5)12(3)9-24/h8,11-12H,6-7,9-10H2,1-5H3. The molecule has 4 rings (SSSR count). The predicted octanol–water partition coefficient (Wildman–Crippen LogP) is 3.22. The second kappa shape index (κ2) is 7.32. The molecule has 0 saturated carbocycles. The maximum atomic E-state index is 15.4. The maximum absolute atomic E-state index is 15.4. The van der Waals surface area contributed by atoms with E-state index in [2.05, 4.69) is 23.8 Å². The normalized spacial score (nSPS) is 19.4. The highest BCUT2D eigenvalue weighted by Gasteiger charge is 2.32. The molecule has 2 aliphatic heterocycles. The van der Waals surface area contributed by atoms with Gasteiger partial charge in [0.05, 0.1) is 33.6 Å². The van der Waals surface area contributed by atoms with Crippen molar-refractivity contribution in [2.75, 3.05) is 31.6 Å². The van der Waals surface area contributed by atoms with Crippen LogP contribution in [0.5, 0.6) is 0 Å². The summed E-state index contributed by atoms with van der Waals surface area (Å²) in [7, 11) is 2.07. The average Bonchev–Trinajstić information content (AvgIpc) is 2.62. The van der Waals surface area contributed by atoms with Crippen molar-refractivity contribution in [1.29, 1.82) is 0 Å². The van der Waals surface area contributed by atoms with E-state index in [1.807, 2.05) is 4.57 Å². The Morgan fingerprint density at radius 1 is 1.34 bits per heavy atom. The molecule has 1 atom stereocenters. The summed E-state index contributed by atoms with van der Waals surface area (Å²) in [6, 6.07) is 2.09. The Morgan fingerprint density at radius 3 is 2.66 bits per heavy atom. The van der Waals surface area contributed by atoms with E-state index >= 15 is 4.39 Å². The number of fused-ring (bicyclic) bond motifs is 3. The number of halogens is 1. The molecule has 1 aromatic carbocycles. The number of aryl methyl sites for hydroxylation is 1. The van der Waals surface area contributed by atoms with Crippen LogP contribution in [0.4, 0.5) is 10.1 Å². The number of anilines is 1. The van der Waals surface area contributed by atoms with Crippen LogP contribution < -0.4 is 10.3 Å². The fourth-order valence-corrected chi connectivity index (χ4v) is 4.96. The van der Waals surface area contributed by atoms with Gasteiger partial charge >= 0.3 is 5.97 Å². The first kappa shape index (κ1) is 20.2. The number of benzene rings is 1. The zero-order valence-electron chi connectivity index (χ0n) is 17.4. The molecule has 0 aliphatic carbocycles. The van der Waals surface area contributed by atoms with Gasteiger partial charge in [0.25, 0.3) is 0 Å². The van der Waals surface area contributed by atoms with Crippen molar-refractivity contribution in [3.05, 3.63) is 33.2 Å². The summed E-state index contributed by atoms with van der Waals surface area (Å²) in [5.41, 5.74) is 1.08. The van der Waals surface area contributed by atoms with E-state index in [0.29, 0.717) is 33.7 Å². The number of aromatic nitrogens is 1. The Balaban J connectivity index is 1.89. The average molecular weight is 420 g/mol. The molecule has 0 bridgehead atoms. The minimum absolute atomic E-state index is 0.0194. The van der Waals surface area contributed by atoms with Crippen molar-refractivity contribution in [1.82, 2.24) is 9.47 Å². The molecule has 1 fully saturated rings. The van der Waals surface area contributed by atoms with E-state index < -0.39 is 11.4 Å². The van der Waals surface area contributed by atoms with Crippen molar-refractivity contribution in [3.8, 4) is 0 Å². The maximum Gasteiger partial charge on any atom is 0.345 e. The summed E-state index contributed by atoms with van der Waals surface area (Å²) in [4.78, 5) is 30.1. The van der Waals surface area contributed by atoms with Crippen LogP contribution in [0.2, 0.25) is 0 Å². The molecule has 0 spiro atoms. The number of likely N-dealkylation sites (N-methyl/N-ethyl adjacent to an activating group) is 1. The molecule has 2 aliphatic rings. The van der Waals surface area contributed by atoms with Gasteiger partial charge in [0, 0.05) is 31.2 Å². The van der Waals surface area contributed by atoms with Gasteiger partial charge in [0.15, 0.2) is 0 Å². The topological polar surface area (TPSA) is 54.8 Å². The van der Waals surface area contributed by atoms with Crippen molar-refractivity contribution < 1.29 is 13.9 Å². The predicted molar refractivity (Wildman–Crippen MR) is 114 cm³/mol. The number of pyridine rings is 1. The second-order valence-electron chi connectivity index (χ2n) is 8.17. The lowest BCUT2D eigenvalue weighted by Crippen LogP contribution is -2.50. The molecule has 0 radical (unpaired) electrons. The summed E-state index contributed by atoms with van der Waals surface area (Å²) in [5, 5.41) is 0.880. The lowest BCUT2D eigenvalue weighted by molar-refractivity contribution is 0.0370. The first-order valence-electron chi connectivity index (χ1n) is 9.89. The summed E-state index contributed by atoms with van der Waals surface area (Å²) in [5.74, 6) is -0.403. The van der Waals surface area contributed by atoms with E-state index in [0.717, 1.165) is 19.6 Å². The largest absolute Gasteiger partial charge is 0.459 e. The first-order valence-corrected chi connectivity index (χ1v) is 10.9. The molecule has 1 saturated heterocycles. The van der Waals surface area contributed by atoms with Crippen LogP contribution >= 0.6 is 11.8 Å². The first-order chi connectivity index (χ1) is 13.7. The molecular formula is C21H26FN3O3S. The van der Waals surface area contributed by atoms with Gasteiger partial charge < -0.3 is 19.1 Å². The van der Waals surface area contributed by atoms with Gasteiger partial charge in [-0.15, -0.1) is 0 Å². The molecule has 3 heterocycles. The third-order valence-corrected chi connectivity index (χ3v) is 6.93. The number of nitrogens with zero attached hydrogens (tertiary/aromatic N) is 3. The summed E-state index contributed by atoms with van der Waals surface area (Å²) in [6.45, 7) is 9.54. The Kier molecular flexibility index (Phi) is 5.11. The van der Waals surface area contributed by atoms with E-state index in [4.69, 9.17) is 4.74 Å². The Hall–Kier alpha value is -2.06. The van der Waals surface area contributed by atoms with Crippen LogP contribution in [0.15, 0.2) is 15.9 Å². The molecule has 6 nitrogen and oxygen atoms in total. The third-order valence-electron chi connectivity index (χ3n) is 5.84. The minimum atomic E-state index is -0.639. The highest BCUT2D eigenvalue weighted by atomic mass is 32.2. The van der Waals surface area contributed by atoms with E-state index in [-0.39, 0.29) is 22.9 Å². The molecule has 8 heteroatoms. The highest BCUT2D eigenvalue weighted by Crippen LogP contribution is 2.39. The van der Waals surface area contributed by atoms with E-state index in [1.165, 1.54) is 11.8 Å². The quantitative estimate of drug-likeness (QED) is 0.712. The fraction of sp³-hybridized carbons (Fsp3) is 0.524. The monoisotopic (exact) mass is 419 g/mol. The molecule has 1 aromatic heterocycles. The van der Waals surface area contributed by atoms with Gasteiger partial charge in [-0.1, -0.05) is 11.8 Å². The Labute approximate surface area is 173 Å². The number of hydrogen-bond acceptors (Lipinski definition) is 6. The van der Waals surface area contributed by atoms with E-state index in [1.54, 1.807) is 26.8 Å². The van der Waals surface area contributed by atoms with Crippen molar-refractivity contribution in [2.45, 2.75) is 50.7 Å². The SMILES string of the molecule is Cc1c(F)c(N2CCN(C)C(C)C2)cc2c1c(=O)c(C(=O)OC(C)C)c1n2CS1. The number of piperazine rings is 1. The molecule has 2 aromatic rings. The number of carbonyl (C=O) groups is 1. The van der Waals surface area contributed by atoms with Crippen molar-refractivity contribution in [3.63, 3.8) is 0 Å². The lowest BCUT2D eigenvalue weighted by Gasteiger charge is -2.39. The fourth-order valence-electron chi connectivity index (χ4n) is 4.01. The molecule has 156 valence electrons. The number of rotatable bonds is 3. The van der Waals surface area contributed by atoms with Crippen LogP contribution in [0.1, 0.15) is 36.7 Å². The van der Waals surface area contributed by atoms with Gasteiger partial charge in [-0.2, -0.15) is 0 Å². The van der Waals surface area contributed by atoms with Crippen molar-refractivity contribution in [2.24, 2.45) is 0 Å². The van der Waals surface area contributed by atoms with Gasteiger partial charge in [-0.3, -0.25) is 4.79 Å². The van der Waals surface area contributed by atoms with Gasteiger partial charge in [-0.05, 0) is 40.8 Å². The van der Waals surface area contributed by atoms with Crippen molar-refractivity contribution >= 4 is 34.3 Å². The highest BCUT2D eigenvalue weighted by molar-refractivity contribution is 7.99.